The van der Waals surface area contributed by atoms with Crippen LogP contribution in [0.25, 0.3) is 0 Å². The summed E-state index contributed by atoms with van der Waals surface area (Å²) < 4.78 is 35.6. The molecule has 138 valence electrons. The average molecular weight is 377 g/mol. The van der Waals surface area contributed by atoms with Crippen LogP contribution >= 0.6 is 0 Å². The Morgan fingerprint density at radius 1 is 1.27 bits per heavy atom. The number of hydrogen-bond acceptors (Lipinski definition) is 6. The molecule has 3 rings (SSSR count). The minimum absolute atomic E-state index is 0.0231. The number of sulfonamides is 1. The van der Waals surface area contributed by atoms with Crippen molar-refractivity contribution in [3.63, 3.8) is 0 Å². The highest BCUT2D eigenvalue weighted by molar-refractivity contribution is 7.92. The molecule has 0 unspecified atom stereocenters. The van der Waals surface area contributed by atoms with Gasteiger partial charge < -0.3 is 9.15 Å². The predicted molar refractivity (Wildman–Crippen MR) is 95.0 cm³/mol. The Morgan fingerprint density at radius 3 is 2.69 bits per heavy atom. The van der Waals surface area contributed by atoms with Gasteiger partial charge in [0.1, 0.15) is 0 Å². The Kier molecular flexibility index (Phi) is 4.86. The number of benzene rings is 1. The van der Waals surface area contributed by atoms with E-state index >= 15 is 0 Å². The van der Waals surface area contributed by atoms with Gasteiger partial charge in [0.15, 0.2) is 12.4 Å². The lowest BCUT2D eigenvalue weighted by Gasteiger charge is -2.18. The number of aryl methyl sites for hydroxylation is 1. The first-order valence-corrected chi connectivity index (χ1v) is 9.82. The first-order chi connectivity index (χ1) is 12.3. The van der Waals surface area contributed by atoms with Gasteiger partial charge in [0.2, 0.25) is 15.8 Å². The largest absolute Gasteiger partial charge is 0.457 e. The van der Waals surface area contributed by atoms with Gasteiger partial charge in [-0.2, -0.15) is 0 Å². The fourth-order valence-electron chi connectivity index (χ4n) is 2.85. The van der Waals surface area contributed by atoms with E-state index < -0.39 is 22.6 Å². The summed E-state index contributed by atoms with van der Waals surface area (Å²) in [5.74, 6) is -0.952. The molecule has 7 nitrogen and oxygen atoms in total. The molecular formula is C18H19NO6S. The number of furan rings is 1. The van der Waals surface area contributed by atoms with E-state index in [1.165, 1.54) is 10.6 Å². The maximum absolute atomic E-state index is 12.3. The highest BCUT2D eigenvalue weighted by atomic mass is 32.2. The average Bonchev–Trinajstić information content (AvgIpc) is 3.25. The molecule has 2 heterocycles. The maximum Gasteiger partial charge on any atom is 0.374 e. The van der Waals surface area contributed by atoms with Gasteiger partial charge in [0.25, 0.3) is 0 Å². The lowest BCUT2D eigenvalue weighted by Crippen LogP contribution is -2.30. The lowest BCUT2D eigenvalue weighted by atomic mass is 10.1. The molecule has 1 aliphatic heterocycles. The predicted octanol–water partition coefficient (Wildman–Crippen LogP) is 2.34. The molecule has 8 heteroatoms. The quantitative estimate of drug-likeness (QED) is 0.567. The molecule has 0 N–H and O–H groups in total. The van der Waals surface area contributed by atoms with Gasteiger partial charge in [0.05, 0.1) is 17.7 Å². The smallest absolute Gasteiger partial charge is 0.374 e. The second-order valence-corrected chi connectivity index (χ2v) is 8.18. The van der Waals surface area contributed by atoms with Crippen molar-refractivity contribution in [1.29, 1.82) is 0 Å². The van der Waals surface area contributed by atoms with Gasteiger partial charge in [-0.3, -0.25) is 9.10 Å². The van der Waals surface area contributed by atoms with Gasteiger partial charge in [0, 0.05) is 17.7 Å². The fourth-order valence-corrected chi connectivity index (χ4v) is 4.01. The van der Waals surface area contributed by atoms with Crippen LogP contribution in [0.4, 0.5) is 5.69 Å². The van der Waals surface area contributed by atoms with E-state index in [0.29, 0.717) is 29.8 Å². The summed E-state index contributed by atoms with van der Waals surface area (Å²) in [4.78, 5) is 24.2. The molecule has 0 fully saturated rings. The molecule has 0 amide bonds. The minimum Gasteiger partial charge on any atom is -0.457 e. The first-order valence-electron chi connectivity index (χ1n) is 8.21. The Hall–Kier alpha value is -2.61. The number of fused-ring (bicyclic) bond motifs is 1. The van der Waals surface area contributed by atoms with Crippen LogP contribution in [-0.4, -0.2) is 39.1 Å². The molecule has 1 aromatic heterocycles. The van der Waals surface area contributed by atoms with E-state index in [9.17, 15) is 18.0 Å². The maximum atomic E-state index is 12.3. The zero-order valence-corrected chi connectivity index (χ0v) is 15.3. The zero-order chi connectivity index (χ0) is 18.9. The summed E-state index contributed by atoms with van der Waals surface area (Å²) in [6.45, 7) is 3.27. The third-order valence-electron chi connectivity index (χ3n) is 4.34. The van der Waals surface area contributed by atoms with Gasteiger partial charge in [-0.25, -0.2) is 13.2 Å². The Bertz CT molecular complexity index is 960. The summed E-state index contributed by atoms with van der Waals surface area (Å²) in [5.41, 5.74) is 2.41. The van der Waals surface area contributed by atoms with Crippen LogP contribution in [-0.2, 0) is 21.2 Å². The number of anilines is 1. The Labute approximate surface area is 151 Å². The topological polar surface area (TPSA) is 93.9 Å². The number of ketones is 1. The second-order valence-electron chi connectivity index (χ2n) is 6.00. The number of Topliss-reactive ketones (excluding diaryl/α,β-unsaturated/α-hetero) is 1. The summed E-state index contributed by atoms with van der Waals surface area (Å²) in [6.07, 6.45) is 1.92. The van der Waals surface area contributed by atoms with Crippen molar-refractivity contribution in [2.45, 2.75) is 20.3 Å². The van der Waals surface area contributed by atoms with Crippen molar-refractivity contribution in [2.75, 3.05) is 23.2 Å². The Balaban J connectivity index is 1.70. The molecular weight excluding hydrogens is 358 g/mol. The number of hydrogen-bond donors (Lipinski definition) is 0. The summed E-state index contributed by atoms with van der Waals surface area (Å²) in [5, 5.41) is 0. The van der Waals surface area contributed by atoms with Crippen LogP contribution in [0.2, 0.25) is 0 Å². The molecule has 1 aliphatic rings. The van der Waals surface area contributed by atoms with Crippen LogP contribution in [0.5, 0.6) is 0 Å². The van der Waals surface area contributed by atoms with Crippen molar-refractivity contribution in [3.8, 4) is 0 Å². The molecule has 2 aromatic rings. The molecule has 0 radical (unpaired) electrons. The molecule has 0 aliphatic carbocycles. The molecule has 0 spiro atoms. The number of rotatable bonds is 6. The zero-order valence-electron chi connectivity index (χ0n) is 14.5. The summed E-state index contributed by atoms with van der Waals surface area (Å²) >= 11 is 0. The van der Waals surface area contributed by atoms with E-state index in [1.54, 1.807) is 38.1 Å². The summed E-state index contributed by atoms with van der Waals surface area (Å²) in [7, 11) is -3.33. The third-order valence-corrected chi connectivity index (χ3v) is 6.12. The second kappa shape index (κ2) is 6.95. The summed E-state index contributed by atoms with van der Waals surface area (Å²) in [6, 6.07) is 6.47. The van der Waals surface area contributed by atoms with Gasteiger partial charge >= 0.3 is 5.97 Å². The number of nitrogens with zero attached hydrogens (tertiary/aromatic N) is 1. The van der Waals surface area contributed by atoms with E-state index in [4.69, 9.17) is 9.15 Å². The van der Waals surface area contributed by atoms with E-state index in [-0.39, 0.29) is 17.3 Å². The van der Waals surface area contributed by atoms with Crippen molar-refractivity contribution < 1.29 is 27.2 Å². The monoisotopic (exact) mass is 377 g/mol. The fraction of sp³-hybridized carbons (Fsp3) is 0.333. The van der Waals surface area contributed by atoms with Crippen LogP contribution in [0.15, 0.2) is 34.9 Å². The minimum atomic E-state index is -3.33. The molecule has 0 bridgehead atoms. The molecule has 0 saturated carbocycles. The van der Waals surface area contributed by atoms with E-state index in [2.05, 4.69) is 0 Å². The Morgan fingerprint density at radius 2 is 2.04 bits per heavy atom. The van der Waals surface area contributed by atoms with Crippen molar-refractivity contribution in [2.24, 2.45) is 0 Å². The standard InChI is InChI=1S/C18H19NO6S/c1-3-26(22,23)19-8-6-13-10-14(4-5-15(13)19)16(20)11-25-18(21)17-12(2)7-9-24-17/h4-5,7,9-10H,3,6,8,11H2,1-2H3. The molecule has 26 heavy (non-hydrogen) atoms. The van der Waals surface area contributed by atoms with Crippen LogP contribution < -0.4 is 4.31 Å². The SMILES string of the molecule is CCS(=O)(=O)N1CCc2cc(C(=O)COC(=O)c3occc3C)ccc21. The van der Waals surface area contributed by atoms with Crippen molar-refractivity contribution in [1.82, 2.24) is 0 Å². The van der Waals surface area contributed by atoms with Crippen LogP contribution in [0.3, 0.4) is 0 Å². The molecule has 0 atom stereocenters. The van der Waals surface area contributed by atoms with E-state index in [1.807, 2.05) is 0 Å². The van der Waals surface area contributed by atoms with E-state index in [0.717, 1.165) is 5.56 Å². The first kappa shape index (κ1) is 18.2. The van der Waals surface area contributed by atoms with Crippen molar-refractivity contribution in [3.05, 3.63) is 53.0 Å². The highest BCUT2D eigenvalue weighted by Crippen LogP contribution is 2.31. The number of carbonyl (C=O) groups is 2. The lowest BCUT2D eigenvalue weighted by molar-refractivity contribution is 0.0443. The van der Waals surface area contributed by atoms with Gasteiger partial charge in [-0.15, -0.1) is 0 Å². The number of ether oxygens (including phenoxy) is 1. The normalized spacial score (nSPS) is 13.5. The molecule has 0 saturated heterocycles. The molecule has 1 aromatic carbocycles. The van der Waals surface area contributed by atoms with Gasteiger partial charge in [-0.05, 0) is 50.1 Å². The highest BCUT2D eigenvalue weighted by Gasteiger charge is 2.28. The third kappa shape index (κ3) is 3.37. The van der Waals surface area contributed by atoms with Crippen LogP contribution in [0, 0.1) is 6.92 Å². The van der Waals surface area contributed by atoms with Crippen molar-refractivity contribution >= 4 is 27.5 Å². The number of esters is 1. The number of carbonyl (C=O) groups excluding carboxylic acids is 2. The van der Waals surface area contributed by atoms with Gasteiger partial charge in [-0.1, -0.05) is 0 Å². The van der Waals surface area contributed by atoms with Crippen LogP contribution in [0.1, 0.15) is 39.0 Å².